The van der Waals surface area contributed by atoms with Crippen molar-refractivity contribution in [1.29, 1.82) is 0 Å². The van der Waals surface area contributed by atoms with E-state index in [1.807, 2.05) is 0 Å². The number of nitrogens with one attached hydrogen (secondary N) is 1. The van der Waals surface area contributed by atoms with Crippen LogP contribution in [0.1, 0.15) is 0 Å². The summed E-state index contributed by atoms with van der Waals surface area (Å²) in [7, 11) is 0. The molecule has 0 aliphatic heterocycles. The Bertz CT molecular complexity index is 886. The molecule has 0 aliphatic carbocycles. The lowest BCUT2D eigenvalue weighted by molar-refractivity contribution is -0.117. The van der Waals surface area contributed by atoms with Gasteiger partial charge in [0.2, 0.25) is 11.7 Å². The molecule has 0 unspecified atom stereocenters. The van der Waals surface area contributed by atoms with E-state index in [-0.39, 0.29) is 12.5 Å². The lowest BCUT2D eigenvalue weighted by Gasteiger charge is -2.05. The zero-order chi connectivity index (χ0) is 18.5. The summed E-state index contributed by atoms with van der Waals surface area (Å²) >= 11 is 6.28. The maximum Gasteiger partial charge on any atom is 0.288 e. The maximum atomic E-state index is 12.3. The van der Waals surface area contributed by atoms with Crippen molar-refractivity contribution in [3.8, 4) is 11.4 Å². The smallest absolute Gasteiger partial charge is 0.288 e. The average Bonchev–Trinajstić information content (AvgIpc) is 3.05. The predicted octanol–water partition coefficient (Wildman–Crippen LogP) is 3.95. The van der Waals surface area contributed by atoms with E-state index in [4.69, 9.17) is 11.6 Å². The summed E-state index contributed by atoms with van der Waals surface area (Å²) in [5.41, 5.74) is 1.22. The van der Waals surface area contributed by atoms with E-state index >= 15 is 0 Å². The van der Waals surface area contributed by atoms with Gasteiger partial charge in [-0.05, 0) is 53.7 Å². The molecule has 1 aromatic heterocycles. The molecule has 1 amide bonds. The van der Waals surface area contributed by atoms with Crippen LogP contribution in [0.25, 0.3) is 11.4 Å². The van der Waals surface area contributed by atoms with Gasteiger partial charge < -0.3 is 5.32 Å². The van der Waals surface area contributed by atoms with E-state index in [0.29, 0.717) is 33.2 Å². The van der Waals surface area contributed by atoms with E-state index in [1.54, 1.807) is 36.4 Å². The first kappa shape index (κ1) is 18.3. The molecule has 134 valence electrons. The normalized spacial score (nSPS) is 10.9. The number of anilines is 1. The molecule has 3 aromatic rings. The molecule has 0 bridgehead atoms. The molecule has 0 aliphatic rings. The van der Waals surface area contributed by atoms with Gasteiger partial charge in [0.15, 0.2) is 0 Å². The van der Waals surface area contributed by atoms with Gasteiger partial charge in [-0.25, -0.2) is 0 Å². The number of aromatic nitrogens is 4. The van der Waals surface area contributed by atoms with Gasteiger partial charge >= 0.3 is 0 Å². The van der Waals surface area contributed by atoms with E-state index in [1.165, 1.54) is 16.9 Å². The number of halogens is 3. The maximum absolute atomic E-state index is 12.3. The first-order valence-electron chi connectivity index (χ1n) is 7.38. The molecule has 0 atom stereocenters. The van der Waals surface area contributed by atoms with E-state index in [2.05, 4.69) is 20.7 Å². The molecule has 3 rings (SSSR count). The number of tetrazole rings is 1. The fraction of sp³-hybridized carbons (Fsp3) is 0.125. The van der Waals surface area contributed by atoms with Crippen LogP contribution in [-0.2, 0) is 11.3 Å². The fourth-order valence-electron chi connectivity index (χ4n) is 2.07. The summed E-state index contributed by atoms with van der Waals surface area (Å²) in [6, 6.07) is 13.1. The number of alkyl halides is 2. The molecule has 0 saturated heterocycles. The molecule has 0 radical (unpaired) electrons. The van der Waals surface area contributed by atoms with Gasteiger partial charge in [-0.1, -0.05) is 23.4 Å². The summed E-state index contributed by atoms with van der Waals surface area (Å²) in [5, 5.41) is 15.1. The molecular formula is C16H12ClF2N5OS. The topological polar surface area (TPSA) is 72.7 Å². The Morgan fingerprint density at radius 1 is 1.15 bits per heavy atom. The Balaban J connectivity index is 1.59. The second kappa shape index (κ2) is 8.24. The second-order valence-electron chi connectivity index (χ2n) is 5.10. The van der Waals surface area contributed by atoms with Gasteiger partial charge in [0, 0.05) is 21.2 Å². The van der Waals surface area contributed by atoms with Crippen LogP contribution >= 0.6 is 23.4 Å². The first-order valence-corrected chi connectivity index (χ1v) is 8.64. The number of carbonyl (C=O) groups excluding carboxylic acids is 1. The summed E-state index contributed by atoms with van der Waals surface area (Å²) < 4.78 is 24.6. The minimum absolute atomic E-state index is 0.131. The van der Waals surface area contributed by atoms with E-state index in [0.717, 1.165) is 5.56 Å². The third-order valence-corrected chi connectivity index (χ3v) is 4.18. The van der Waals surface area contributed by atoms with Gasteiger partial charge in [-0.15, -0.1) is 10.2 Å². The number of benzene rings is 2. The number of amides is 1. The Labute approximate surface area is 156 Å². The van der Waals surface area contributed by atoms with Gasteiger partial charge in [-0.2, -0.15) is 13.6 Å². The summed E-state index contributed by atoms with van der Waals surface area (Å²) in [4.78, 5) is 13.6. The molecule has 0 spiro atoms. The van der Waals surface area contributed by atoms with Crippen molar-refractivity contribution in [2.45, 2.75) is 17.2 Å². The van der Waals surface area contributed by atoms with Crippen LogP contribution in [0.2, 0.25) is 5.02 Å². The molecule has 6 nitrogen and oxygen atoms in total. The van der Waals surface area contributed by atoms with E-state index in [9.17, 15) is 13.6 Å². The Morgan fingerprint density at radius 2 is 1.85 bits per heavy atom. The minimum atomic E-state index is -2.48. The third-order valence-electron chi connectivity index (χ3n) is 3.20. The van der Waals surface area contributed by atoms with Crippen molar-refractivity contribution in [2.24, 2.45) is 0 Å². The van der Waals surface area contributed by atoms with Crippen molar-refractivity contribution in [1.82, 2.24) is 20.2 Å². The number of hydrogen-bond donors (Lipinski definition) is 1. The average molecular weight is 396 g/mol. The van der Waals surface area contributed by atoms with Gasteiger partial charge in [0.1, 0.15) is 6.54 Å². The monoisotopic (exact) mass is 395 g/mol. The molecular weight excluding hydrogens is 384 g/mol. The number of rotatable bonds is 6. The van der Waals surface area contributed by atoms with Crippen molar-refractivity contribution in [2.75, 3.05) is 5.32 Å². The zero-order valence-electron chi connectivity index (χ0n) is 13.1. The van der Waals surface area contributed by atoms with Gasteiger partial charge in [0.05, 0.1) is 0 Å². The standard InChI is InChI=1S/C16H12ClF2N5OS/c17-11-3-1-10(2-4-11)15-21-23-24(22-15)9-14(25)20-12-5-7-13(8-6-12)26-16(18)19/h1-8,16H,9H2,(H,20,25). The Morgan fingerprint density at radius 3 is 2.50 bits per heavy atom. The largest absolute Gasteiger partial charge is 0.324 e. The first-order chi connectivity index (χ1) is 12.5. The SMILES string of the molecule is O=C(Cn1nnc(-c2ccc(Cl)cc2)n1)Nc1ccc(SC(F)F)cc1. The zero-order valence-corrected chi connectivity index (χ0v) is 14.7. The van der Waals surface area contributed by atoms with Crippen LogP contribution in [0, 0.1) is 0 Å². The van der Waals surface area contributed by atoms with E-state index < -0.39 is 5.76 Å². The molecule has 1 heterocycles. The van der Waals surface area contributed by atoms with Gasteiger partial charge in [0.25, 0.3) is 5.76 Å². The lowest BCUT2D eigenvalue weighted by Crippen LogP contribution is -2.20. The highest BCUT2D eigenvalue weighted by Gasteiger charge is 2.10. The highest BCUT2D eigenvalue weighted by molar-refractivity contribution is 7.99. The van der Waals surface area contributed by atoms with Crippen molar-refractivity contribution >= 4 is 35.0 Å². The van der Waals surface area contributed by atoms with Crippen molar-refractivity contribution < 1.29 is 13.6 Å². The number of thioether (sulfide) groups is 1. The van der Waals surface area contributed by atoms with Crippen LogP contribution in [0.15, 0.2) is 53.4 Å². The summed E-state index contributed by atoms with van der Waals surface area (Å²) in [6.45, 7) is -0.131. The van der Waals surface area contributed by atoms with Crippen LogP contribution in [-0.4, -0.2) is 31.9 Å². The molecule has 10 heteroatoms. The molecule has 26 heavy (non-hydrogen) atoms. The second-order valence-corrected chi connectivity index (χ2v) is 6.60. The van der Waals surface area contributed by atoms with Crippen LogP contribution in [0.5, 0.6) is 0 Å². The minimum Gasteiger partial charge on any atom is -0.324 e. The molecule has 1 N–H and O–H groups in total. The molecule has 0 fully saturated rings. The van der Waals surface area contributed by atoms with Crippen LogP contribution < -0.4 is 5.32 Å². The van der Waals surface area contributed by atoms with Crippen molar-refractivity contribution in [3.63, 3.8) is 0 Å². The van der Waals surface area contributed by atoms with Crippen LogP contribution in [0.3, 0.4) is 0 Å². The molecule has 0 saturated carbocycles. The lowest BCUT2D eigenvalue weighted by atomic mass is 10.2. The van der Waals surface area contributed by atoms with Gasteiger partial charge in [-0.3, -0.25) is 4.79 Å². The number of carbonyl (C=O) groups is 1. The highest BCUT2D eigenvalue weighted by atomic mass is 35.5. The Kier molecular flexibility index (Phi) is 5.79. The summed E-state index contributed by atoms with van der Waals surface area (Å²) in [6.07, 6.45) is 0. The summed E-state index contributed by atoms with van der Waals surface area (Å²) in [5.74, 6) is -2.47. The Hall–Kier alpha value is -2.52. The quantitative estimate of drug-likeness (QED) is 0.640. The molecule has 2 aromatic carbocycles. The predicted molar refractivity (Wildman–Crippen MR) is 95.2 cm³/mol. The van der Waals surface area contributed by atoms with Crippen LogP contribution in [0.4, 0.5) is 14.5 Å². The number of nitrogens with zero attached hydrogens (tertiary/aromatic N) is 4. The fourth-order valence-corrected chi connectivity index (χ4v) is 2.70. The van der Waals surface area contributed by atoms with Crippen molar-refractivity contribution in [3.05, 3.63) is 53.6 Å². The number of hydrogen-bond acceptors (Lipinski definition) is 5. The highest BCUT2D eigenvalue weighted by Crippen LogP contribution is 2.26. The third kappa shape index (κ3) is 4.99.